The van der Waals surface area contributed by atoms with Gasteiger partial charge in [-0.15, -0.1) is 0 Å². The molecule has 1 aliphatic heterocycles. The van der Waals surface area contributed by atoms with Crippen LogP contribution in [0.1, 0.15) is 57.8 Å². The average Bonchev–Trinajstić information content (AvgIpc) is 2.90. The second-order valence-electron chi connectivity index (χ2n) is 7.82. The Morgan fingerprint density at radius 3 is 1.54 bits per heavy atom. The van der Waals surface area contributed by atoms with E-state index in [9.17, 15) is 0 Å². The van der Waals surface area contributed by atoms with Gasteiger partial charge in [0, 0.05) is 11.1 Å². The molecule has 4 rings (SSSR count). The molecule has 0 bridgehead atoms. The van der Waals surface area contributed by atoms with Gasteiger partial charge in [-0.3, -0.25) is 0 Å². The van der Waals surface area contributed by atoms with Crippen molar-refractivity contribution in [3.63, 3.8) is 0 Å². The molecule has 0 aromatic heterocycles. The Morgan fingerprint density at radius 1 is 0.625 bits per heavy atom. The summed E-state index contributed by atoms with van der Waals surface area (Å²) in [6.07, 6.45) is 13.0. The first-order valence-corrected chi connectivity index (χ1v) is 12.2. The lowest BCUT2D eigenvalue weighted by Gasteiger charge is -2.30. The van der Waals surface area contributed by atoms with Gasteiger partial charge in [-0.05, 0) is 37.8 Å². The van der Waals surface area contributed by atoms with Crippen molar-refractivity contribution in [2.24, 2.45) is 0 Å². The van der Waals surface area contributed by atoms with Crippen molar-refractivity contribution in [2.75, 3.05) is 6.66 Å². The van der Waals surface area contributed by atoms with Gasteiger partial charge < -0.3 is 0 Å². The summed E-state index contributed by atoms with van der Waals surface area (Å²) >= 11 is 0. The highest BCUT2D eigenvalue weighted by atomic mass is 31.2. The second kappa shape index (κ2) is 7.01. The Balaban J connectivity index is 1.76. The van der Waals surface area contributed by atoms with Crippen LogP contribution in [-0.4, -0.2) is 12.3 Å². The lowest BCUT2D eigenvalue weighted by Crippen LogP contribution is -2.27. The van der Waals surface area contributed by atoms with Gasteiger partial charge in [0.2, 0.25) is 0 Å². The molecule has 1 saturated carbocycles. The molecule has 2 aliphatic rings. The highest BCUT2D eigenvalue weighted by Gasteiger charge is 2.51. The van der Waals surface area contributed by atoms with Crippen molar-refractivity contribution in [3.8, 4) is 11.1 Å². The number of hydrogen-bond donors (Lipinski definition) is 0. The molecule has 2 aromatic rings. The third-order valence-corrected chi connectivity index (χ3v) is 11.2. The fourth-order valence-electron chi connectivity index (χ4n) is 5.04. The summed E-state index contributed by atoms with van der Waals surface area (Å²) in [5.41, 5.74) is 3.95. The summed E-state index contributed by atoms with van der Waals surface area (Å²) in [6, 6.07) is 18.6. The molecule has 1 fully saturated rings. The molecule has 0 saturated heterocycles. The summed E-state index contributed by atoms with van der Waals surface area (Å²) in [5.74, 6) is 0. The molecule has 1 heterocycles. The largest absolute Gasteiger partial charge is 0.107 e. The van der Waals surface area contributed by atoms with Gasteiger partial charge in [0.05, 0.1) is 19.6 Å². The predicted octanol–water partition coefficient (Wildman–Crippen LogP) is 6.16. The van der Waals surface area contributed by atoms with Crippen molar-refractivity contribution in [1.82, 2.24) is 0 Å². The maximum absolute atomic E-state index is 2.65. The number of fused-ring (bicyclic) bond motifs is 3. The van der Waals surface area contributed by atoms with Crippen molar-refractivity contribution >= 4 is 17.9 Å². The zero-order valence-corrected chi connectivity index (χ0v) is 15.9. The average molecular weight is 337 g/mol. The Morgan fingerprint density at radius 2 is 1.04 bits per heavy atom. The van der Waals surface area contributed by atoms with Gasteiger partial charge in [-0.1, -0.05) is 68.5 Å². The minimum Gasteiger partial charge on any atom is -0.0614 e. The molecule has 0 spiro atoms. The van der Waals surface area contributed by atoms with E-state index in [1.54, 1.807) is 10.6 Å². The van der Waals surface area contributed by atoms with Crippen LogP contribution in [0.25, 0.3) is 11.1 Å². The number of benzene rings is 2. The van der Waals surface area contributed by atoms with E-state index < -0.39 is 7.26 Å². The summed E-state index contributed by atoms with van der Waals surface area (Å²) in [6.45, 7) is 2.65. The van der Waals surface area contributed by atoms with E-state index in [1.807, 2.05) is 0 Å². The molecule has 0 atom stereocenters. The van der Waals surface area contributed by atoms with Gasteiger partial charge in [-0.2, -0.15) is 0 Å². The molecule has 0 N–H and O–H groups in total. The summed E-state index contributed by atoms with van der Waals surface area (Å²) in [5, 5.41) is 3.38. The molecule has 1 heteroatoms. The minimum absolute atomic E-state index is 0.889. The predicted molar refractivity (Wildman–Crippen MR) is 109 cm³/mol. The first-order chi connectivity index (χ1) is 11.8. The van der Waals surface area contributed by atoms with E-state index >= 15 is 0 Å². The van der Waals surface area contributed by atoms with E-state index in [4.69, 9.17) is 0 Å². The van der Waals surface area contributed by atoms with Crippen LogP contribution in [0.3, 0.4) is 0 Å². The quantitative estimate of drug-likeness (QED) is 0.547. The van der Waals surface area contributed by atoms with E-state index in [0.29, 0.717) is 0 Å². The van der Waals surface area contributed by atoms with Gasteiger partial charge in [-0.25, -0.2) is 0 Å². The van der Waals surface area contributed by atoms with Crippen molar-refractivity contribution in [3.05, 3.63) is 48.5 Å². The fraction of sp³-hybridized carbons (Fsp3) is 0.478. The maximum Gasteiger partial charge on any atom is 0.107 e. The fourth-order valence-corrected chi connectivity index (χ4v) is 9.67. The maximum atomic E-state index is 2.65. The highest BCUT2D eigenvalue weighted by Crippen LogP contribution is 2.66. The molecule has 0 unspecified atom stereocenters. The molecule has 126 valence electrons. The Bertz CT molecular complexity index is 647. The second-order valence-corrected chi connectivity index (χ2v) is 11.7. The van der Waals surface area contributed by atoms with Crippen molar-refractivity contribution in [1.29, 1.82) is 0 Å². The molecule has 24 heavy (non-hydrogen) atoms. The lowest BCUT2D eigenvalue weighted by molar-refractivity contribution is 0.508. The number of rotatable bonds is 1. The Hall–Kier alpha value is -1.13. The molecular weight excluding hydrogens is 307 g/mol. The van der Waals surface area contributed by atoms with Crippen molar-refractivity contribution in [2.45, 2.75) is 63.4 Å². The summed E-state index contributed by atoms with van der Waals surface area (Å²) in [4.78, 5) is 0. The molecule has 0 nitrogen and oxygen atoms in total. The van der Waals surface area contributed by atoms with Crippen LogP contribution in [0.5, 0.6) is 0 Å². The van der Waals surface area contributed by atoms with E-state index in [1.165, 1.54) is 68.9 Å². The van der Waals surface area contributed by atoms with Crippen LogP contribution in [-0.2, 0) is 0 Å². The Labute approximate surface area is 148 Å². The normalized spacial score (nSPS) is 21.0. The summed E-state index contributed by atoms with van der Waals surface area (Å²) in [7, 11) is -1.26. The molecular formula is C23H30P+. The topological polar surface area (TPSA) is 0 Å². The highest BCUT2D eigenvalue weighted by molar-refractivity contribution is 7.90. The van der Waals surface area contributed by atoms with Gasteiger partial charge in [0.15, 0.2) is 0 Å². The smallest absolute Gasteiger partial charge is 0.0614 e. The minimum atomic E-state index is -1.26. The van der Waals surface area contributed by atoms with Crippen molar-refractivity contribution < 1.29 is 0 Å². The summed E-state index contributed by atoms with van der Waals surface area (Å²) < 4.78 is 0. The zero-order chi connectivity index (χ0) is 16.4. The monoisotopic (exact) mass is 337 g/mol. The van der Waals surface area contributed by atoms with Gasteiger partial charge in [0.1, 0.15) is 10.6 Å². The van der Waals surface area contributed by atoms with E-state index in [-0.39, 0.29) is 0 Å². The molecule has 1 aliphatic carbocycles. The van der Waals surface area contributed by atoms with Crippen LogP contribution in [0.4, 0.5) is 0 Å². The van der Waals surface area contributed by atoms with Crippen LogP contribution in [0.2, 0.25) is 0 Å². The van der Waals surface area contributed by atoms with Gasteiger partial charge in [0.25, 0.3) is 0 Å². The van der Waals surface area contributed by atoms with Crippen LogP contribution in [0, 0.1) is 0 Å². The third-order valence-electron chi connectivity index (χ3n) is 6.40. The first-order valence-electron chi connectivity index (χ1n) is 9.87. The zero-order valence-electron chi connectivity index (χ0n) is 15.0. The SMILES string of the molecule is C[P+]1(C2CCCCCCCCC2)c2ccccc2-c2ccccc21. The van der Waals surface area contributed by atoms with E-state index in [2.05, 4.69) is 55.2 Å². The number of hydrogen-bond acceptors (Lipinski definition) is 0. The van der Waals surface area contributed by atoms with Crippen LogP contribution < -0.4 is 10.6 Å². The molecule has 0 radical (unpaired) electrons. The molecule has 0 amide bonds. The van der Waals surface area contributed by atoms with Crippen LogP contribution in [0.15, 0.2) is 48.5 Å². The Kier molecular flexibility index (Phi) is 4.77. The van der Waals surface area contributed by atoms with Crippen LogP contribution >= 0.6 is 7.26 Å². The first kappa shape index (κ1) is 16.3. The van der Waals surface area contributed by atoms with E-state index in [0.717, 1.165) is 5.66 Å². The molecule has 2 aromatic carbocycles. The van der Waals surface area contributed by atoms with Gasteiger partial charge >= 0.3 is 0 Å². The standard InChI is InChI=1S/C23H30P/c1-24(19-13-7-5-3-2-4-6-8-14-19)22-17-11-9-15-20(22)21-16-10-12-18-23(21)24/h9-12,15-19H,2-8,13-14H2,1H3/q+1. The lowest BCUT2D eigenvalue weighted by atomic mass is 10.0. The third kappa shape index (κ3) is 2.74.